The maximum Gasteiger partial charge on any atom is 0.387 e. The highest BCUT2D eigenvalue weighted by molar-refractivity contribution is 5.95. The number of amides is 1. The van der Waals surface area contributed by atoms with Crippen LogP contribution in [-0.4, -0.2) is 29.3 Å². The first-order valence-corrected chi connectivity index (χ1v) is 6.51. The van der Waals surface area contributed by atoms with Gasteiger partial charge in [-0.3, -0.25) is 9.48 Å². The molecule has 0 aliphatic heterocycles. The Morgan fingerprint density at radius 1 is 1.39 bits per heavy atom. The predicted octanol–water partition coefficient (Wildman–Crippen LogP) is 2.34. The number of alkyl halides is 2. The molecule has 2 N–H and O–H groups in total. The Kier molecular flexibility index (Phi) is 6.92. The Morgan fingerprint density at radius 2 is 2.13 bits per heavy atom. The summed E-state index contributed by atoms with van der Waals surface area (Å²) >= 11 is 0. The summed E-state index contributed by atoms with van der Waals surface area (Å²) in [6.45, 7) is -2.91. The fourth-order valence-corrected chi connectivity index (χ4v) is 2.00. The van der Waals surface area contributed by atoms with E-state index in [0.29, 0.717) is 11.3 Å². The lowest BCUT2D eigenvalue weighted by molar-refractivity contribution is -0.118. The molecule has 1 aromatic heterocycles. The van der Waals surface area contributed by atoms with E-state index in [0.717, 1.165) is 0 Å². The number of aromatic nitrogens is 2. The van der Waals surface area contributed by atoms with Crippen LogP contribution in [0.25, 0.3) is 0 Å². The molecule has 9 heteroatoms. The molecule has 1 aromatic carbocycles. The Hall–Kier alpha value is -2.19. The van der Waals surface area contributed by atoms with Crippen LogP contribution in [0.1, 0.15) is 11.6 Å². The summed E-state index contributed by atoms with van der Waals surface area (Å²) in [6.07, 6.45) is 3.30. The van der Waals surface area contributed by atoms with Crippen LogP contribution in [0.4, 0.5) is 14.5 Å². The van der Waals surface area contributed by atoms with Crippen molar-refractivity contribution in [2.24, 2.45) is 7.05 Å². The molecule has 0 bridgehead atoms. The number of ether oxygens (including phenoxy) is 1. The third kappa shape index (κ3) is 5.19. The second-order valence-electron chi connectivity index (χ2n) is 4.56. The molecule has 0 fully saturated rings. The first-order valence-electron chi connectivity index (χ1n) is 6.51. The molecule has 0 saturated heterocycles. The van der Waals surface area contributed by atoms with Crippen molar-refractivity contribution in [1.82, 2.24) is 15.1 Å². The van der Waals surface area contributed by atoms with Crippen LogP contribution in [0.15, 0.2) is 36.7 Å². The topological polar surface area (TPSA) is 68.2 Å². The zero-order chi connectivity index (χ0) is 16.1. The van der Waals surface area contributed by atoms with Gasteiger partial charge < -0.3 is 15.4 Å². The summed E-state index contributed by atoms with van der Waals surface area (Å²) < 4.78 is 30.3. The van der Waals surface area contributed by atoms with E-state index in [1.807, 2.05) is 0 Å². The van der Waals surface area contributed by atoms with Crippen LogP contribution in [0.2, 0.25) is 0 Å². The number of carbonyl (C=O) groups excluding carboxylic acids is 1. The highest BCUT2D eigenvalue weighted by Gasteiger charge is 2.20. The van der Waals surface area contributed by atoms with Crippen molar-refractivity contribution in [2.75, 3.05) is 12.4 Å². The largest absolute Gasteiger partial charge is 0.435 e. The third-order valence-corrected chi connectivity index (χ3v) is 2.94. The van der Waals surface area contributed by atoms with Crippen LogP contribution in [-0.2, 0) is 11.8 Å². The molecule has 6 nitrogen and oxygen atoms in total. The Labute approximate surface area is 138 Å². The summed E-state index contributed by atoms with van der Waals surface area (Å²) in [4.78, 5) is 12.3. The van der Waals surface area contributed by atoms with E-state index in [-0.39, 0.29) is 24.1 Å². The van der Waals surface area contributed by atoms with E-state index in [2.05, 4.69) is 20.5 Å². The number of nitrogens with zero attached hydrogens (tertiary/aromatic N) is 2. The van der Waals surface area contributed by atoms with Crippen molar-refractivity contribution in [2.45, 2.75) is 12.7 Å². The van der Waals surface area contributed by atoms with E-state index in [9.17, 15) is 13.6 Å². The van der Waals surface area contributed by atoms with Gasteiger partial charge in [0.1, 0.15) is 11.8 Å². The molecule has 126 valence electrons. The third-order valence-electron chi connectivity index (χ3n) is 2.94. The van der Waals surface area contributed by atoms with Gasteiger partial charge in [0.2, 0.25) is 5.91 Å². The first kappa shape index (κ1) is 18.9. The zero-order valence-electron chi connectivity index (χ0n) is 12.5. The summed E-state index contributed by atoms with van der Waals surface area (Å²) in [5.74, 6) is -0.347. The Morgan fingerprint density at radius 3 is 2.70 bits per heavy atom. The van der Waals surface area contributed by atoms with Crippen molar-refractivity contribution in [1.29, 1.82) is 0 Å². The second-order valence-corrected chi connectivity index (χ2v) is 4.56. The maximum atomic E-state index is 12.3. The molecular formula is C14H17ClF2N4O2. The summed E-state index contributed by atoms with van der Waals surface area (Å²) in [5.41, 5.74) is 1.06. The van der Waals surface area contributed by atoms with Crippen LogP contribution >= 0.6 is 12.4 Å². The number of hydrogen-bond acceptors (Lipinski definition) is 4. The Bertz CT molecular complexity index is 651. The fraction of sp³-hybridized carbons (Fsp3) is 0.286. The second kappa shape index (κ2) is 8.44. The minimum Gasteiger partial charge on any atom is -0.435 e. The van der Waals surface area contributed by atoms with Gasteiger partial charge in [0.05, 0.1) is 6.20 Å². The SMILES string of the molecule is CNC(C(=O)Nc1cccc(OC(F)F)c1)c1cnn(C)c1.Cl. The number of rotatable bonds is 6. The minimum atomic E-state index is -2.91. The van der Waals surface area contributed by atoms with E-state index >= 15 is 0 Å². The first-order chi connectivity index (χ1) is 10.5. The fourth-order valence-electron chi connectivity index (χ4n) is 2.00. The number of anilines is 1. The van der Waals surface area contributed by atoms with Crippen molar-refractivity contribution < 1.29 is 18.3 Å². The monoisotopic (exact) mass is 346 g/mol. The minimum absolute atomic E-state index is 0. The molecule has 1 atom stereocenters. The van der Waals surface area contributed by atoms with Gasteiger partial charge in [-0.25, -0.2) is 0 Å². The van der Waals surface area contributed by atoms with Crippen molar-refractivity contribution >= 4 is 24.0 Å². The van der Waals surface area contributed by atoms with Crippen LogP contribution in [0.5, 0.6) is 5.75 Å². The van der Waals surface area contributed by atoms with Gasteiger partial charge in [-0.2, -0.15) is 13.9 Å². The van der Waals surface area contributed by atoms with Gasteiger partial charge in [-0.05, 0) is 19.2 Å². The number of nitrogens with one attached hydrogen (secondary N) is 2. The molecule has 0 aliphatic rings. The summed E-state index contributed by atoms with van der Waals surface area (Å²) in [7, 11) is 3.40. The predicted molar refractivity (Wildman–Crippen MR) is 84.0 cm³/mol. The molecular weight excluding hydrogens is 330 g/mol. The lowest BCUT2D eigenvalue weighted by atomic mass is 10.1. The van der Waals surface area contributed by atoms with Crippen molar-refractivity contribution in [3.63, 3.8) is 0 Å². The van der Waals surface area contributed by atoms with E-state index in [1.165, 1.54) is 18.2 Å². The molecule has 2 rings (SSSR count). The standard InChI is InChI=1S/C14H16F2N4O2.ClH/c1-17-12(9-7-18-20(2)8-9)13(21)19-10-4-3-5-11(6-10)22-14(15)16;/h3-8,12,14,17H,1-2H3,(H,19,21);1H. The van der Waals surface area contributed by atoms with Crippen molar-refractivity contribution in [3.05, 3.63) is 42.2 Å². The molecule has 0 radical (unpaired) electrons. The number of benzene rings is 1. The average Bonchev–Trinajstić information content (AvgIpc) is 2.85. The smallest absolute Gasteiger partial charge is 0.387 e. The normalized spacial score (nSPS) is 11.7. The number of hydrogen-bond donors (Lipinski definition) is 2. The highest BCUT2D eigenvalue weighted by Crippen LogP contribution is 2.21. The number of aryl methyl sites for hydroxylation is 1. The molecule has 1 unspecified atom stereocenters. The average molecular weight is 347 g/mol. The molecule has 23 heavy (non-hydrogen) atoms. The van der Waals surface area contributed by atoms with Gasteiger partial charge in [0, 0.05) is 30.6 Å². The van der Waals surface area contributed by atoms with Crippen LogP contribution in [0.3, 0.4) is 0 Å². The summed E-state index contributed by atoms with van der Waals surface area (Å²) in [6, 6.07) is 5.23. The molecule has 0 saturated carbocycles. The van der Waals surface area contributed by atoms with E-state index < -0.39 is 12.7 Å². The van der Waals surface area contributed by atoms with Gasteiger partial charge in [0.25, 0.3) is 0 Å². The molecule has 0 spiro atoms. The van der Waals surface area contributed by atoms with Crippen LogP contribution in [0, 0.1) is 0 Å². The van der Waals surface area contributed by atoms with Gasteiger partial charge in [-0.15, -0.1) is 12.4 Å². The van der Waals surface area contributed by atoms with E-state index in [1.54, 1.807) is 37.2 Å². The number of likely N-dealkylation sites (N-methyl/N-ethyl adjacent to an activating group) is 1. The molecule has 0 aliphatic carbocycles. The number of carbonyl (C=O) groups is 1. The molecule has 1 heterocycles. The van der Waals surface area contributed by atoms with Crippen molar-refractivity contribution in [3.8, 4) is 5.75 Å². The molecule has 2 aromatic rings. The quantitative estimate of drug-likeness (QED) is 0.842. The lowest BCUT2D eigenvalue weighted by Crippen LogP contribution is -2.30. The van der Waals surface area contributed by atoms with Crippen LogP contribution < -0.4 is 15.4 Å². The zero-order valence-corrected chi connectivity index (χ0v) is 13.3. The molecule has 1 amide bonds. The maximum absolute atomic E-state index is 12.3. The summed E-state index contributed by atoms with van der Waals surface area (Å²) in [5, 5.41) is 9.55. The number of halogens is 3. The van der Waals surface area contributed by atoms with E-state index in [4.69, 9.17) is 0 Å². The Balaban J connectivity index is 0.00000264. The highest BCUT2D eigenvalue weighted by atomic mass is 35.5. The van der Waals surface area contributed by atoms with Gasteiger partial charge in [-0.1, -0.05) is 6.07 Å². The van der Waals surface area contributed by atoms with Gasteiger partial charge >= 0.3 is 6.61 Å². The lowest BCUT2D eigenvalue weighted by Gasteiger charge is -2.15. The van der Waals surface area contributed by atoms with Gasteiger partial charge in [0.15, 0.2) is 0 Å².